The van der Waals surface area contributed by atoms with E-state index in [1.165, 1.54) is 6.07 Å². The number of hydrogen-bond acceptors (Lipinski definition) is 5. The molecular weight excluding hydrogens is 244 g/mol. The summed E-state index contributed by atoms with van der Waals surface area (Å²) >= 11 is 0. The molecule has 0 fully saturated rings. The number of pyridine rings is 1. The first-order chi connectivity index (χ1) is 8.94. The minimum Gasteiger partial charge on any atom is -0.377 e. The van der Waals surface area contributed by atoms with Gasteiger partial charge in [-0.2, -0.15) is 0 Å². The van der Waals surface area contributed by atoms with E-state index in [0.29, 0.717) is 17.4 Å². The highest BCUT2D eigenvalue weighted by molar-refractivity contribution is 5.96. The highest BCUT2D eigenvalue weighted by atomic mass is 16.6. The van der Waals surface area contributed by atoms with Gasteiger partial charge in [0.1, 0.15) is 5.52 Å². The molecule has 6 nitrogen and oxygen atoms in total. The number of nitrogens with one attached hydrogen (secondary N) is 1. The van der Waals surface area contributed by atoms with Crippen molar-refractivity contribution in [1.29, 1.82) is 0 Å². The number of hydrogen-bond donors (Lipinski definition) is 2. The van der Waals surface area contributed by atoms with Crippen LogP contribution in [0.15, 0.2) is 30.5 Å². The Morgan fingerprint density at radius 2 is 2.16 bits per heavy atom. The Morgan fingerprint density at radius 3 is 2.79 bits per heavy atom. The van der Waals surface area contributed by atoms with Crippen molar-refractivity contribution < 1.29 is 4.92 Å². The van der Waals surface area contributed by atoms with Gasteiger partial charge in [0.25, 0.3) is 5.69 Å². The van der Waals surface area contributed by atoms with Crippen molar-refractivity contribution in [1.82, 2.24) is 4.98 Å². The molecule has 19 heavy (non-hydrogen) atoms. The van der Waals surface area contributed by atoms with Crippen LogP contribution < -0.4 is 11.1 Å². The van der Waals surface area contributed by atoms with Crippen molar-refractivity contribution in [3.05, 3.63) is 40.6 Å². The van der Waals surface area contributed by atoms with Gasteiger partial charge >= 0.3 is 0 Å². The summed E-state index contributed by atoms with van der Waals surface area (Å²) in [7, 11) is 0. The second-order valence-corrected chi connectivity index (χ2v) is 5.00. The van der Waals surface area contributed by atoms with Gasteiger partial charge in [-0.05, 0) is 32.0 Å². The first-order valence-electron chi connectivity index (χ1n) is 5.95. The Balaban J connectivity index is 2.59. The molecule has 2 rings (SSSR count). The van der Waals surface area contributed by atoms with Gasteiger partial charge in [0, 0.05) is 24.3 Å². The maximum Gasteiger partial charge on any atom is 0.278 e. The second-order valence-electron chi connectivity index (χ2n) is 5.00. The van der Waals surface area contributed by atoms with Crippen molar-refractivity contribution in [3.63, 3.8) is 0 Å². The van der Waals surface area contributed by atoms with Crippen LogP contribution in [-0.4, -0.2) is 22.0 Å². The van der Waals surface area contributed by atoms with E-state index in [1.54, 1.807) is 24.4 Å². The Labute approximate surface area is 110 Å². The monoisotopic (exact) mass is 260 g/mol. The van der Waals surface area contributed by atoms with Crippen LogP contribution in [0.5, 0.6) is 0 Å². The summed E-state index contributed by atoms with van der Waals surface area (Å²) in [4.78, 5) is 14.8. The zero-order chi connectivity index (χ0) is 14.0. The van der Waals surface area contributed by atoms with Gasteiger partial charge in [-0.1, -0.05) is 0 Å². The Bertz CT molecular complexity index is 625. The van der Waals surface area contributed by atoms with Crippen molar-refractivity contribution >= 4 is 22.3 Å². The van der Waals surface area contributed by atoms with Crippen LogP contribution in [0.3, 0.4) is 0 Å². The Morgan fingerprint density at radius 1 is 1.42 bits per heavy atom. The van der Waals surface area contributed by atoms with Crippen LogP contribution in [0.1, 0.15) is 13.8 Å². The molecule has 1 aromatic heterocycles. The lowest BCUT2D eigenvalue weighted by atomic mass is 10.0. The zero-order valence-corrected chi connectivity index (χ0v) is 10.9. The van der Waals surface area contributed by atoms with Crippen LogP contribution >= 0.6 is 0 Å². The van der Waals surface area contributed by atoms with E-state index in [9.17, 15) is 10.1 Å². The van der Waals surface area contributed by atoms with E-state index >= 15 is 0 Å². The Kier molecular flexibility index (Phi) is 3.35. The lowest BCUT2D eigenvalue weighted by molar-refractivity contribution is -0.383. The molecule has 1 heterocycles. The summed E-state index contributed by atoms with van der Waals surface area (Å²) in [6.07, 6.45) is 1.62. The molecule has 3 N–H and O–H groups in total. The molecule has 0 atom stereocenters. The number of nitro benzene ring substituents is 1. The molecule has 0 aliphatic carbocycles. The van der Waals surface area contributed by atoms with E-state index < -0.39 is 4.92 Å². The second kappa shape index (κ2) is 4.81. The average Bonchev–Trinajstić information content (AvgIpc) is 2.38. The molecule has 1 aromatic carbocycles. The van der Waals surface area contributed by atoms with E-state index in [2.05, 4.69) is 10.3 Å². The van der Waals surface area contributed by atoms with Crippen molar-refractivity contribution in [2.45, 2.75) is 19.4 Å². The summed E-state index contributed by atoms with van der Waals surface area (Å²) < 4.78 is 0. The number of fused-ring (bicyclic) bond motifs is 1. The molecule has 0 amide bonds. The van der Waals surface area contributed by atoms with Gasteiger partial charge in [-0.15, -0.1) is 0 Å². The predicted octanol–water partition coefficient (Wildman–Crippen LogP) is 2.29. The minimum absolute atomic E-state index is 0.0548. The van der Waals surface area contributed by atoms with Gasteiger partial charge in [0.2, 0.25) is 0 Å². The maximum absolute atomic E-state index is 11.0. The molecule has 0 radical (unpaired) electrons. The van der Waals surface area contributed by atoms with Gasteiger partial charge < -0.3 is 11.1 Å². The van der Waals surface area contributed by atoms with Gasteiger partial charge in [0.05, 0.1) is 16.0 Å². The summed E-state index contributed by atoms with van der Waals surface area (Å²) in [5, 5.41) is 14.8. The predicted molar refractivity (Wildman–Crippen MR) is 75.2 cm³/mol. The molecule has 0 aliphatic heterocycles. The smallest absolute Gasteiger partial charge is 0.278 e. The van der Waals surface area contributed by atoms with Crippen LogP contribution in [-0.2, 0) is 0 Å². The first-order valence-corrected chi connectivity index (χ1v) is 5.95. The van der Waals surface area contributed by atoms with E-state index in [4.69, 9.17) is 5.73 Å². The van der Waals surface area contributed by atoms with E-state index in [-0.39, 0.29) is 11.2 Å². The van der Waals surface area contributed by atoms with E-state index in [1.807, 2.05) is 13.8 Å². The quantitative estimate of drug-likeness (QED) is 0.649. The van der Waals surface area contributed by atoms with Crippen LogP contribution in [0, 0.1) is 10.1 Å². The largest absolute Gasteiger partial charge is 0.377 e. The van der Waals surface area contributed by atoms with Crippen molar-refractivity contribution in [3.8, 4) is 0 Å². The number of nitrogens with zero attached hydrogens (tertiary/aromatic N) is 2. The average molecular weight is 260 g/mol. The van der Waals surface area contributed by atoms with E-state index in [0.717, 1.165) is 5.69 Å². The number of non-ortho nitro benzene ring substituents is 1. The summed E-state index contributed by atoms with van der Waals surface area (Å²) in [6.45, 7) is 4.37. The van der Waals surface area contributed by atoms with Gasteiger partial charge in [-0.3, -0.25) is 15.1 Å². The topological polar surface area (TPSA) is 94.1 Å². The highest BCUT2D eigenvalue weighted by Crippen LogP contribution is 2.30. The van der Waals surface area contributed by atoms with Gasteiger partial charge in [-0.25, -0.2) is 0 Å². The molecular formula is C13H16N4O2. The molecule has 0 saturated carbocycles. The zero-order valence-electron chi connectivity index (χ0n) is 10.9. The lowest BCUT2D eigenvalue weighted by Gasteiger charge is -2.26. The normalized spacial score (nSPS) is 11.5. The lowest BCUT2D eigenvalue weighted by Crippen LogP contribution is -2.39. The van der Waals surface area contributed by atoms with Crippen LogP contribution in [0.2, 0.25) is 0 Å². The fraction of sp³-hybridized carbons (Fsp3) is 0.308. The molecule has 100 valence electrons. The third-order valence-corrected chi connectivity index (χ3v) is 2.93. The SMILES string of the molecule is CC(C)(CN)Nc1ccc([N+](=O)[O-])c2cccnc12. The number of rotatable bonds is 4. The van der Waals surface area contributed by atoms with Crippen LogP contribution in [0.25, 0.3) is 10.9 Å². The molecule has 0 bridgehead atoms. The van der Waals surface area contributed by atoms with Crippen molar-refractivity contribution in [2.75, 3.05) is 11.9 Å². The fourth-order valence-electron chi connectivity index (χ4n) is 1.83. The van der Waals surface area contributed by atoms with Crippen LogP contribution in [0.4, 0.5) is 11.4 Å². The molecule has 0 unspecified atom stereocenters. The number of aromatic nitrogens is 1. The molecule has 6 heteroatoms. The number of nitrogens with two attached hydrogens (primary N) is 1. The minimum atomic E-state index is -0.401. The third kappa shape index (κ3) is 2.63. The fourth-order valence-corrected chi connectivity index (χ4v) is 1.83. The standard InChI is InChI=1S/C13H16N4O2/c1-13(2,8-14)16-10-5-6-11(17(18)19)9-4-3-7-15-12(9)10/h3-7,16H,8,14H2,1-2H3. The molecule has 0 spiro atoms. The number of nitro groups is 1. The third-order valence-electron chi connectivity index (χ3n) is 2.93. The first kappa shape index (κ1) is 13.2. The van der Waals surface area contributed by atoms with Gasteiger partial charge in [0.15, 0.2) is 0 Å². The highest BCUT2D eigenvalue weighted by Gasteiger charge is 2.19. The van der Waals surface area contributed by atoms with Crippen molar-refractivity contribution in [2.24, 2.45) is 5.73 Å². The summed E-state index contributed by atoms with van der Waals surface area (Å²) in [5.74, 6) is 0. The molecule has 2 aromatic rings. The summed E-state index contributed by atoms with van der Waals surface area (Å²) in [5.41, 5.74) is 6.76. The Hall–Kier alpha value is -2.21. The maximum atomic E-state index is 11.0. The molecule has 0 aliphatic rings. The summed E-state index contributed by atoms with van der Waals surface area (Å²) in [6, 6.07) is 6.54. The molecule has 0 saturated heterocycles. The number of anilines is 1. The number of benzene rings is 1.